The van der Waals surface area contributed by atoms with Crippen LogP contribution in [-0.2, 0) is 4.79 Å². The van der Waals surface area contributed by atoms with E-state index in [1.54, 1.807) is 29.2 Å². The average molecular weight is 306 g/mol. The van der Waals surface area contributed by atoms with E-state index in [4.69, 9.17) is 0 Å². The Balaban J connectivity index is 1.82. The number of anilines is 1. The number of alkyl halides is 1. The van der Waals surface area contributed by atoms with Crippen molar-refractivity contribution in [1.29, 1.82) is 0 Å². The molecule has 2 aliphatic rings. The molecule has 1 N–H and O–H groups in total. The highest BCUT2D eigenvalue weighted by Gasteiger charge is 2.35. The third kappa shape index (κ3) is 2.70. The summed E-state index contributed by atoms with van der Waals surface area (Å²) >= 11 is 0. The quantitative estimate of drug-likeness (QED) is 0.917. The lowest BCUT2D eigenvalue weighted by atomic mass is 10.1. The number of aliphatic hydroxyl groups excluding tert-OH is 1. The van der Waals surface area contributed by atoms with Gasteiger partial charge in [-0.2, -0.15) is 0 Å². The Hall–Kier alpha value is -1.95. The number of nitrogens with zero attached hydrogens (tertiary/aromatic N) is 2. The van der Waals surface area contributed by atoms with Crippen molar-refractivity contribution in [3.05, 3.63) is 29.8 Å². The second-order valence-corrected chi connectivity index (χ2v) is 5.83. The van der Waals surface area contributed by atoms with Crippen molar-refractivity contribution in [1.82, 2.24) is 4.90 Å². The lowest BCUT2D eigenvalue weighted by Gasteiger charge is -2.23. The number of benzene rings is 1. The van der Waals surface area contributed by atoms with Crippen molar-refractivity contribution >= 4 is 17.5 Å². The summed E-state index contributed by atoms with van der Waals surface area (Å²) in [5, 5.41) is 9.30. The molecule has 2 atom stereocenters. The molecular formula is C16H19FN2O3. The van der Waals surface area contributed by atoms with Crippen LogP contribution in [0.15, 0.2) is 24.3 Å². The standard InChI is InChI=1S/C16H19FN2O3/c17-12-8-14(10-20)19(9-12)16(22)11-3-1-4-13(7-11)18-6-2-5-15(18)21/h1,3-4,7,12,14,20H,2,5-6,8-10H2/t12-,14-/m0/s1. The Morgan fingerprint density at radius 3 is 2.91 bits per heavy atom. The Morgan fingerprint density at radius 2 is 2.23 bits per heavy atom. The van der Waals surface area contributed by atoms with E-state index < -0.39 is 12.2 Å². The second kappa shape index (κ2) is 6.04. The molecule has 3 rings (SSSR count). The first-order chi connectivity index (χ1) is 10.6. The van der Waals surface area contributed by atoms with E-state index in [1.165, 1.54) is 4.90 Å². The van der Waals surface area contributed by atoms with Crippen LogP contribution in [0.3, 0.4) is 0 Å². The molecule has 1 aromatic carbocycles. The zero-order valence-electron chi connectivity index (χ0n) is 12.2. The maximum absolute atomic E-state index is 13.5. The molecule has 0 aliphatic carbocycles. The first kappa shape index (κ1) is 15.0. The monoisotopic (exact) mass is 306 g/mol. The molecule has 5 nitrogen and oxygen atoms in total. The summed E-state index contributed by atoms with van der Waals surface area (Å²) in [6.07, 6.45) is 0.427. The molecule has 22 heavy (non-hydrogen) atoms. The smallest absolute Gasteiger partial charge is 0.254 e. The SMILES string of the molecule is O=C1CCCN1c1cccc(C(=O)N2C[C@@H](F)C[C@H]2CO)c1. The number of hydrogen-bond donors (Lipinski definition) is 1. The van der Waals surface area contributed by atoms with Crippen molar-refractivity contribution in [3.8, 4) is 0 Å². The van der Waals surface area contributed by atoms with Gasteiger partial charge in [-0.1, -0.05) is 6.07 Å². The number of rotatable bonds is 3. The van der Waals surface area contributed by atoms with Crippen LogP contribution in [0.1, 0.15) is 29.6 Å². The number of aliphatic hydroxyl groups is 1. The molecule has 0 radical (unpaired) electrons. The highest BCUT2D eigenvalue weighted by Crippen LogP contribution is 2.26. The van der Waals surface area contributed by atoms with Gasteiger partial charge in [0, 0.05) is 30.6 Å². The van der Waals surface area contributed by atoms with E-state index in [-0.39, 0.29) is 31.4 Å². The highest BCUT2D eigenvalue weighted by atomic mass is 19.1. The van der Waals surface area contributed by atoms with Gasteiger partial charge >= 0.3 is 0 Å². The Labute approximate surface area is 128 Å². The fourth-order valence-corrected chi connectivity index (χ4v) is 3.18. The molecule has 0 aromatic heterocycles. The van der Waals surface area contributed by atoms with E-state index in [2.05, 4.69) is 0 Å². The average Bonchev–Trinajstić information content (AvgIpc) is 3.12. The lowest BCUT2D eigenvalue weighted by Crippen LogP contribution is -2.38. The van der Waals surface area contributed by atoms with Crippen LogP contribution in [-0.4, -0.2) is 53.7 Å². The van der Waals surface area contributed by atoms with Crippen molar-refractivity contribution in [2.24, 2.45) is 0 Å². The molecule has 0 bridgehead atoms. The molecule has 118 valence electrons. The molecule has 2 aliphatic heterocycles. The van der Waals surface area contributed by atoms with Gasteiger partial charge < -0.3 is 14.9 Å². The minimum atomic E-state index is -1.09. The third-order valence-electron chi connectivity index (χ3n) is 4.31. The molecule has 0 saturated carbocycles. The first-order valence-electron chi connectivity index (χ1n) is 7.56. The Morgan fingerprint density at radius 1 is 1.41 bits per heavy atom. The van der Waals surface area contributed by atoms with E-state index in [1.807, 2.05) is 0 Å². The minimum Gasteiger partial charge on any atom is -0.394 e. The van der Waals surface area contributed by atoms with Crippen LogP contribution in [0.4, 0.5) is 10.1 Å². The minimum absolute atomic E-state index is 0.0108. The van der Waals surface area contributed by atoms with Crippen LogP contribution in [0.25, 0.3) is 0 Å². The zero-order valence-corrected chi connectivity index (χ0v) is 12.2. The normalized spacial score (nSPS) is 25.1. The number of carbonyl (C=O) groups excluding carboxylic acids is 2. The summed E-state index contributed by atoms with van der Waals surface area (Å²) in [6.45, 7) is 0.430. The lowest BCUT2D eigenvalue weighted by molar-refractivity contribution is -0.117. The predicted octanol–water partition coefficient (Wildman–Crippen LogP) is 1.36. The van der Waals surface area contributed by atoms with Crippen LogP contribution in [0.2, 0.25) is 0 Å². The predicted molar refractivity (Wildman–Crippen MR) is 79.5 cm³/mol. The molecule has 0 unspecified atom stereocenters. The van der Waals surface area contributed by atoms with Crippen LogP contribution >= 0.6 is 0 Å². The maximum Gasteiger partial charge on any atom is 0.254 e. The van der Waals surface area contributed by atoms with Gasteiger partial charge in [0.05, 0.1) is 19.2 Å². The molecule has 2 heterocycles. The Kier molecular flexibility index (Phi) is 4.11. The largest absolute Gasteiger partial charge is 0.394 e. The van der Waals surface area contributed by atoms with Gasteiger partial charge in [-0.25, -0.2) is 4.39 Å². The zero-order chi connectivity index (χ0) is 15.7. The summed E-state index contributed by atoms with van der Waals surface area (Å²) in [5.74, 6) is -0.240. The van der Waals surface area contributed by atoms with Gasteiger partial charge in [0.1, 0.15) is 6.17 Å². The van der Waals surface area contributed by atoms with Gasteiger partial charge in [-0.05, 0) is 24.6 Å². The number of hydrogen-bond acceptors (Lipinski definition) is 3. The molecule has 0 spiro atoms. The highest BCUT2D eigenvalue weighted by molar-refractivity contribution is 5.99. The second-order valence-electron chi connectivity index (χ2n) is 5.83. The number of amides is 2. The van der Waals surface area contributed by atoms with Crippen LogP contribution in [0.5, 0.6) is 0 Å². The summed E-state index contributed by atoms with van der Waals surface area (Å²) < 4.78 is 13.5. The molecule has 1 aromatic rings. The first-order valence-corrected chi connectivity index (χ1v) is 7.56. The third-order valence-corrected chi connectivity index (χ3v) is 4.31. The number of carbonyl (C=O) groups is 2. The molecule has 2 amide bonds. The molecule has 2 saturated heterocycles. The van der Waals surface area contributed by atoms with Crippen LogP contribution in [0, 0.1) is 0 Å². The van der Waals surface area contributed by atoms with E-state index in [9.17, 15) is 19.1 Å². The van der Waals surface area contributed by atoms with Crippen LogP contribution < -0.4 is 4.90 Å². The van der Waals surface area contributed by atoms with Gasteiger partial charge in [0.2, 0.25) is 5.91 Å². The number of halogens is 1. The van der Waals surface area contributed by atoms with Crippen molar-refractivity contribution in [2.45, 2.75) is 31.5 Å². The van der Waals surface area contributed by atoms with Gasteiger partial charge in [-0.3, -0.25) is 9.59 Å². The summed E-state index contributed by atoms with van der Waals surface area (Å²) in [5.41, 5.74) is 1.12. The summed E-state index contributed by atoms with van der Waals surface area (Å²) in [4.78, 5) is 27.4. The van der Waals surface area contributed by atoms with E-state index in [0.29, 0.717) is 24.2 Å². The molecule has 2 fully saturated rings. The topological polar surface area (TPSA) is 60.9 Å². The number of likely N-dealkylation sites (tertiary alicyclic amines) is 1. The maximum atomic E-state index is 13.5. The fraction of sp³-hybridized carbons (Fsp3) is 0.500. The van der Waals surface area contributed by atoms with Gasteiger partial charge in [-0.15, -0.1) is 0 Å². The summed E-state index contributed by atoms with van der Waals surface area (Å²) in [6, 6.07) is 6.38. The van der Waals surface area contributed by atoms with Gasteiger partial charge in [0.15, 0.2) is 0 Å². The Bertz CT molecular complexity index is 593. The van der Waals surface area contributed by atoms with Gasteiger partial charge in [0.25, 0.3) is 5.91 Å². The molecular weight excluding hydrogens is 287 g/mol. The fourth-order valence-electron chi connectivity index (χ4n) is 3.18. The van der Waals surface area contributed by atoms with E-state index >= 15 is 0 Å². The van der Waals surface area contributed by atoms with E-state index in [0.717, 1.165) is 6.42 Å². The summed E-state index contributed by atoms with van der Waals surface area (Å²) in [7, 11) is 0. The van der Waals surface area contributed by atoms with Crippen molar-refractivity contribution in [2.75, 3.05) is 24.6 Å². The van der Waals surface area contributed by atoms with Crippen molar-refractivity contribution in [3.63, 3.8) is 0 Å². The van der Waals surface area contributed by atoms with Crippen molar-refractivity contribution < 1.29 is 19.1 Å². The molecule has 6 heteroatoms.